The van der Waals surface area contributed by atoms with Crippen LogP contribution in [-0.4, -0.2) is 28.5 Å². The summed E-state index contributed by atoms with van der Waals surface area (Å²) in [5, 5.41) is 2.65. The summed E-state index contributed by atoms with van der Waals surface area (Å²) >= 11 is 0. The van der Waals surface area contributed by atoms with E-state index >= 15 is 0 Å². The number of carbonyl (C=O) groups is 2. The van der Waals surface area contributed by atoms with Crippen LogP contribution in [0, 0.1) is 5.41 Å². The van der Waals surface area contributed by atoms with Crippen molar-refractivity contribution < 1.29 is 23.1 Å². The van der Waals surface area contributed by atoms with Gasteiger partial charge in [0.15, 0.2) is 0 Å². The summed E-state index contributed by atoms with van der Waals surface area (Å²) in [6.45, 7) is -2.68. The summed E-state index contributed by atoms with van der Waals surface area (Å²) in [4.78, 5) is 27.8. The van der Waals surface area contributed by atoms with Gasteiger partial charge in [0.2, 0.25) is 5.91 Å². The van der Waals surface area contributed by atoms with Crippen LogP contribution >= 0.6 is 0 Å². The van der Waals surface area contributed by atoms with Gasteiger partial charge in [0.1, 0.15) is 11.2 Å². The fourth-order valence-electron chi connectivity index (χ4n) is 2.49. The van der Waals surface area contributed by atoms with E-state index in [0.29, 0.717) is 24.1 Å². The summed E-state index contributed by atoms with van der Waals surface area (Å²) in [5.41, 5.74) is -0.138. The zero-order valence-corrected chi connectivity index (χ0v) is 12.8. The zero-order valence-electron chi connectivity index (χ0n) is 12.8. The average molecular weight is 335 g/mol. The van der Waals surface area contributed by atoms with E-state index < -0.39 is 23.8 Å². The SMILES string of the molecule is COC(=O)C1(C(=O)Nc2ccc(-c3nccn3C(F)F)cc2)CC1. The van der Waals surface area contributed by atoms with Crippen LogP contribution in [0.2, 0.25) is 0 Å². The van der Waals surface area contributed by atoms with Crippen molar-refractivity contribution >= 4 is 17.6 Å². The lowest BCUT2D eigenvalue weighted by atomic mass is 10.1. The molecule has 1 saturated carbocycles. The van der Waals surface area contributed by atoms with Gasteiger partial charge in [-0.25, -0.2) is 4.98 Å². The van der Waals surface area contributed by atoms with Crippen LogP contribution in [0.3, 0.4) is 0 Å². The largest absolute Gasteiger partial charge is 0.468 e. The van der Waals surface area contributed by atoms with E-state index in [4.69, 9.17) is 0 Å². The van der Waals surface area contributed by atoms with Gasteiger partial charge in [0, 0.05) is 23.6 Å². The highest BCUT2D eigenvalue weighted by Gasteiger charge is 2.57. The second-order valence-corrected chi connectivity index (χ2v) is 5.54. The summed E-state index contributed by atoms with van der Waals surface area (Å²) in [7, 11) is 1.25. The number of methoxy groups -OCH3 is 1. The predicted octanol–water partition coefficient (Wildman–Crippen LogP) is 2.84. The Morgan fingerprint density at radius 2 is 1.96 bits per heavy atom. The van der Waals surface area contributed by atoms with Gasteiger partial charge in [-0.3, -0.25) is 14.2 Å². The maximum absolute atomic E-state index is 12.9. The molecule has 0 spiro atoms. The molecule has 0 aliphatic heterocycles. The molecule has 24 heavy (non-hydrogen) atoms. The third-order valence-electron chi connectivity index (χ3n) is 4.04. The number of nitrogens with zero attached hydrogens (tertiary/aromatic N) is 2. The van der Waals surface area contributed by atoms with Crippen LogP contribution < -0.4 is 5.32 Å². The number of alkyl halides is 2. The van der Waals surface area contributed by atoms with Crippen LogP contribution in [-0.2, 0) is 14.3 Å². The fraction of sp³-hybridized carbons (Fsp3) is 0.312. The molecule has 0 saturated heterocycles. The first-order chi connectivity index (χ1) is 11.5. The van der Waals surface area contributed by atoms with Gasteiger partial charge >= 0.3 is 12.5 Å². The van der Waals surface area contributed by atoms with Crippen molar-refractivity contribution in [2.24, 2.45) is 5.41 Å². The second kappa shape index (κ2) is 6.03. The molecule has 1 aliphatic carbocycles. The molecule has 1 aromatic heterocycles. The number of carbonyl (C=O) groups excluding carboxylic acids is 2. The second-order valence-electron chi connectivity index (χ2n) is 5.54. The zero-order chi connectivity index (χ0) is 17.3. The molecular weight excluding hydrogens is 320 g/mol. The van der Waals surface area contributed by atoms with E-state index in [2.05, 4.69) is 15.0 Å². The molecule has 0 unspecified atom stereocenters. The van der Waals surface area contributed by atoms with Crippen LogP contribution in [0.25, 0.3) is 11.4 Å². The fourth-order valence-corrected chi connectivity index (χ4v) is 2.49. The van der Waals surface area contributed by atoms with Crippen LogP contribution in [0.1, 0.15) is 19.4 Å². The van der Waals surface area contributed by atoms with Gasteiger partial charge in [0.25, 0.3) is 0 Å². The first kappa shape index (κ1) is 16.1. The molecule has 0 bridgehead atoms. The number of amides is 1. The van der Waals surface area contributed by atoms with E-state index in [1.165, 1.54) is 19.5 Å². The number of esters is 1. The van der Waals surface area contributed by atoms with Gasteiger partial charge < -0.3 is 10.1 Å². The molecule has 6 nitrogen and oxygen atoms in total. The van der Waals surface area contributed by atoms with E-state index in [1.807, 2.05) is 0 Å². The van der Waals surface area contributed by atoms with E-state index in [0.717, 1.165) is 4.57 Å². The summed E-state index contributed by atoms with van der Waals surface area (Å²) < 4.78 is 31.1. The lowest BCUT2D eigenvalue weighted by Crippen LogP contribution is -2.32. The Labute approximate surface area is 136 Å². The standard InChI is InChI=1S/C16H15F2N3O3/c1-24-14(23)16(6-7-16)13(22)20-11-4-2-10(3-5-11)12-19-8-9-21(12)15(17)18/h2-5,8-9,15H,6-7H2,1H3,(H,20,22). The normalized spacial score (nSPS) is 15.2. The first-order valence-corrected chi connectivity index (χ1v) is 7.29. The topological polar surface area (TPSA) is 73.2 Å². The van der Waals surface area contributed by atoms with Gasteiger partial charge in [-0.15, -0.1) is 0 Å². The van der Waals surface area contributed by atoms with Gasteiger partial charge in [-0.1, -0.05) is 0 Å². The number of imidazole rings is 1. The highest BCUT2D eigenvalue weighted by atomic mass is 19.3. The minimum absolute atomic E-state index is 0.135. The van der Waals surface area contributed by atoms with Crippen molar-refractivity contribution in [3.63, 3.8) is 0 Å². The monoisotopic (exact) mass is 335 g/mol. The molecule has 1 heterocycles. The van der Waals surface area contributed by atoms with E-state index in [9.17, 15) is 18.4 Å². The average Bonchev–Trinajstić information content (AvgIpc) is 3.24. The predicted molar refractivity (Wildman–Crippen MR) is 81.2 cm³/mol. The quantitative estimate of drug-likeness (QED) is 0.673. The number of nitrogens with one attached hydrogen (secondary N) is 1. The summed E-state index contributed by atoms with van der Waals surface area (Å²) in [6.07, 6.45) is 3.40. The maximum Gasteiger partial charge on any atom is 0.321 e. The molecule has 126 valence electrons. The van der Waals surface area contributed by atoms with Gasteiger partial charge in [0.05, 0.1) is 7.11 Å². The lowest BCUT2D eigenvalue weighted by molar-refractivity contribution is -0.150. The molecule has 1 fully saturated rings. The number of anilines is 1. The Bertz CT molecular complexity index is 767. The van der Waals surface area contributed by atoms with Crippen LogP contribution in [0.15, 0.2) is 36.7 Å². The number of benzene rings is 1. The summed E-state index contributed by atoms with van der Waals surface area (Å²) in [6, 6.07) is 6.30. The minimum Gasteiger partial charge on any atom is -0.468 e. The smallest absolute Gasteiger partial charge is 0.321 e. The number of aromatic nitrogens is 2. The number of halogens is 2. The Kier molecular flexibility index (Phi) is 4.04. The van der Waals surface area contributed by atoms with Crippen LogP contribution in [0.4, 0.5) is 14.5 Å². The summed E-state index contributed by atoms with van der Waals surface area (Å²) in [5.74, 6) is -0.831. The van der Waals surface area contributed by atoms with Crippen molar-refractivity contribution in [1.29, 1.82) is 0 Å². The molecule has 2 aromatic rings. The third kappa shape index (κ3) is 2.75. The molecule has 8 heteroatoms. The Hall–Kier alpha value is -2.77. The number of hydrogen-bond acceptors (Lipinski definition) is 4. The number of hydrogen-bond donors (Lipinski definition) is 1. The molecule has 1 aliphatic rings. The maximum atomic E-state index is 12.9. The van der Waals surface area contributed by atoms with Crippen LogP contribution in [0.5, 0.6) is 0 Å². The molecule has 1 N–H and O–H groups in total. The van der Waals surface area contributed by atoms with Crippen molar-refractivity contribution in [1.82, 2.24) is 9.55 Å². The van der Waals surface area contributed by atoms with Crippen molar-refractivity contribution in [3.8, 4) is 11.4 Å². The van der Waals surface area contributed by atoms with Gasteiger partial charge in [-0.05, 0) is 37.1 Å². The number of ether oxygens (including phenoxy) is 1. The van der Waals surface area contributed by atoms with E-state index in [-0.39, 0.29) is 5.82 Å². The van der Waals surface area contributed by atoms with E-state index in [1.54, 1.807) is 24.3 Å². The first-order valence-electron chi connectivity index (χ1n) is 7.29. The molecule has 0 atom stereocenters. The highest BCUT2D eigenvalue weighted by molar-refractivity contribution is 6.11. The molecule has 3 rings (SSSR count). The highest BCUT2D eigenvalue weighted by Crippen LogP contribution is 2.47. The lowest BCUT2D eigenvalue weighted by Gasteiger charge is -2.13. The Morgan fingerprint density at radius 1 is 1.29 bits per heavy atom. The molecule has 1 aromatic carbocycles. The third-order valence-corrected chi connectivity index (χ3v) is 4.04. The van der Waals surface area contributed by atoms with Crippen molar-refractivity contribution in [2.75, 3.05) is 12.4 Å². The van der Waals surface area contributed by atoms with Crippen molar-refractivity contribution in [3.05, 3.63) is 36.7 Å². The Morgan fingerprint density at radius 3 is 2.50 bits per heavy atom. The minimum atomic E-state index is -2.68. The Balaban J connectivity index is 1.75. The molecular formula is C16H15F2N3O3. The van der Waals surface area contributed by atoms with Crippen molar-refractivity contribution in [2.45, 2.75) is 19.4 Å². The van der Waals surface area contributed by atoms with Gasteiger partial charge in [-0.2, -0.15) is 8.78 Å². The molecule has 0 radical (unpaired) electrons. The number of rotatable bonds is 5. The molecule has 1 amide bonds.